The van der Waals surface area contributed by atoms with Crippen molar-refractivity contribution < 1.29 is 28.9 Å². The Kier molecular flexibility index (Phi) is 24.6. The Labute approximate surface area is 207 Å². The number of nitrogens with zero attached hydrogens (tertiary/aromatic N) is 1. The molecule has 192 valence electrons. The van der Waals surface area contributed by atoms with Crippen molar-refractivity contribution in [1.82, 2.24) is 4.98 Å². The first-order chi connectivity index (χ1) is 16.4. The first-order valence-corrected chi connectivity index (χ1v) is 11.3. The van der Waals surface area contributed by atoms with Crippen molar-refractivity contribution in [3.05, 3.63) is 70.5 Å². The van der Waals surface area contributed by atoms with Gasteiger partial charge in [0.2, 0.25) is 0 Å². The Bertz CT molecular complexity index is 844. The summed E-state index contributed by atoms with van der Waals surface area (Å²) in [7, 11) is 2.70. The molecule has 1 heterocycles. The predicted octanol–water partition coefficient (Wildman–Crippen LogP) is 6.22. The van der Waals surface area contributed by atoms with Crippen molar-refractivity contribution in [2.75, 3.05) is 20.8 Å². The maximum Gasteiger partial charge on any atom is 0.341 e. The van der Waals surface area contributed by atoms with Crippen LogP contribution in [0.5, 0.6) is 0 Å². The van der Waals surface area contributed by atoms with Gasteiger partial charge in [-0.3, -0.25) is 4.98 Å². The summed E-state index contributed by atoms with van der Waals surface area (Å²) < 4.78 is 21.6. The number of halogens is 2. The van der Waals surface area contributed by atoms with E-state index >= 15 is 0 Å². The Morgan fingerprint density at radius 2 is 1.71 bits per heavy atom. The molecule has 3 N–H and O–H groups in total. The molecule has 9 heteroatoms. The monoisotopic (exact) mass is 500 g/mol. The first kappa shape index (κ1) is 35.8. The third kappa shape index (κ3) is 13.0. The number of hydrogen-bond donors (Lipinski definition) is 3. The quantitative estimate of drug-likeness (QED) is 0.188. The zero-order chi connectivity index (χ0) is 27.1. The highest BCUT2D eigenvalue weighted by Crippen LogP contribution is 2.26. The maximum atomic E-state index is 12.4. The smallest absolute Gasteiger partial charge is 0.341 e. The second kappa shape index (κ2) is 23.4. The number of methoxy groups -OCH3 is 2. The summed E-state index contributed by atoms with van der Waals surface area (Å²) in [6.45, 7) is 11.9. The van der Waals surface area contributed by atoms with Gasteiger partial charge < -0.3 is 25.1 Å². The van der Waals surface area contributed by atoms with Crippen LogP contribution >= 0.6 is 11.6 Å². The molecule has 0 bridgehead atoms. The van der Waals surface area contributed by atoms with E-state index in [1.54, 1.807) is 18.2 Å². The molecule has 0 unspecified atom stereocenters. The van der Waals surface area contributed by atoms with E-state index in [0.717, 1.165) is 6.20 Å². The maximum absolute atomic E-state index is 12.4. The van der Waals surface area contributed by atoms with E-state index in [4.69, 9.17) is 32.0 Å². The predicted molar refractivity (Wildman–Crippen MR) is 137 cm³/mol. The van der Waals surface area contributed by atoms with Crippen LogP contribution in [0, 0.1) is 11.2 Å². The number of ether oxygens (including phenoxy) is 2. The van der Waals surface area contributed by atoms with Crippen LogP contribution in [0.3, 0.4) is 0 Å². The van der Waals surface area contributed by atoms with Gasteiger partial charge in [-0.05, 0) is 23.8 Å². The van der Waals surface area contributed by atoms with Crippen LogP contribution in [0.1, 0.15) is 58.4 Å². The third-order valence-corrected chi connectivity index (χ3v) is 3.78. The van der Waals surface area contributed by atoms with Gasteiger partial charge in [0.15, 0.2) is 0 Å². The molecule has 0 atom stereocenters. The minimum absolute atomic E-state index is 0.0472. The summed E-state index contributed by atoms with van der Waals surface area (Å²) in [5.74, 6) is -1.09. The van der Waals surface area contributed by atoms with Crippen LogP contribution in [0.4, 0.5) is 4.39 Å². The molecular weight excluding hydrogens is 463 g/mol. The van der Waals surface area contributed by atoms with Crippen LogP contribution in [0.2, 0.25) is 5.02 Å². The first-order valence-electron chi connectivity index (χ1n) is 10.9. The molecule has 7 nitrogen and oxygen atoms in total. The summed E-state index contributed by atoms with van der Waals surface area (Å²) in [6, 6.07) is 7.49. The van der Waals surface area contributed by atoms with E-state index in [1.807, 2.05) is 41.5 Å². The van der Waals surface area contributed by atoms with Gasteiger partial charge in [0, 0.05) is 17.7 Å². The van der Waals surface area contributed by atoms with E-state index < -0.39 is 11.8 Å². The molecule has 34 heavy (non-hydrogen) atoms. The van der Waals surface area contributed by atoms with Gasteiger partial charge in [0.05, 0.1) is 44.2 Å². The van der Waals surface area contributed by atoms with E-state index in [1.165, 1.54) is 26.4 Å². The molecule has 1 aromatic heterocycles. The molecular formula is C25H38ClFN2O5. The Morgan fingerprint density at radius 1 is 1.12 bits per heavy atom. The highest BCUT2D eigenvalue weighted by atomic mass is 35.5. The number of hydrogen-bond acceptors (Lipinski definition) is 7. The molecule has 2 aromatic rings. The molecule has 0 saturated heterocycles. The van der Waals surface area contributed by atoms with E-state index in [0.29, 0.717) is 28.1 Å². The number of pyridine rings is 1. The molecule has 0 fully saturated rings. The highest BCUT2D eigenvalue weighted by Gasteiger charge is 2.17. The fraction of sp³-hybridized carbons (Fsp3) is 0.400. The lowest BCUT2D eigenvalue weighted by Crippen LogP contribution is -2.08. The van der Waals surface area contributed by atoms with Gasteiger partial charge >= 0.3 is 5.97 Å². The molecule has 0 aliphatic carbocycles. The molecule has 0 saturated carbocycles. The Morgan fingerprint density at radius 3 is 2.12 bits per heavy atom. The second-order valence-corrected chi connectivity index (χ2v) is 5.64. The number of aliphatic hydroxyl groups excluding tert-OH is 2. The highest BCUT2D eigenvalue weighted by molar-refractivity contribution is 6.32. The van der Waals surface area contributed by atoms with E-state index in [-0.39, 0.29) is 24.5 Å². The average Bonchev–Trinajstić information content (AvgIpc) is 2.89. The summed E-state index contributed by atoms with van der Waals surface area (Å²) in [5, 5.41) is 25.9. The number of benzene rings is 1. The largest absolute Gasteiger partial charge is 0.515 e. The number of aromatic nitrogens is 1. The van der Waals surface area contributed by atoms with Crippen LogP contribution in [0.15, 0.2) is 42.8 Å². The Balaban J connectivity index is -0.000000474. The summed E-state index contributed by atoms with van der Waals surface area (Å²) >= 11 is 5.86. The van der Waals surface area contributed by atoms with Crippen molar-refractivity contribution in [3.8, 4) is 0 Å². The lowest BCUT2D eigenvalue weighted by molar-refractivity contribution is -0.133. The molecule has 2 rings (SSSR count). The lowest BCUT2D eigenvalue weighted by atomic mass is 10.0. The Hall–Kier alpha value is -2.81. The summed E-state index contributed by atoms with van der Waals surface area (Å²) in [6.07, 6.45) is 1.72. The van der Waals surface area contributed by atoms with Crippen LogP contribution in [-0.4, -0.2) is 47.7 Å². The average molecular weight is 501 g/mol. The number of carbonyl (C=O) groups is 1. The molecule has 0 aliphatic rings. The number of esters is 1. The minimum Gasteiger partial charge on any atom is -0.515 e. The van der Waals surface area contributed by atoms with Crippen molar-refractivity contribution in [1.29, 1.82) is 5.41 Å². The lowest BCUT2D eigenvalue weighted by Gasteiger charge is -2.10. The second-order valence-electron chi connectivity index (χ2n) is 5.23. The molecule has 0 spiro atoms. The number of aliphatic hydroxyl groups is 2. The standard InChI is InChI=1S/C11H11ClO4.C8H9FN2O.3C2H6/c1-16-11(15)9(6-14)7-3-2-4-10(12)8(7)5-13;1-12-5-7(10)8-3-2-6(9)4-11-8;3*1-2/h2-4,6,13-14H,5H2,1H3;2-4,10H,5H2,1H3;3*1-2H3/b9-6+;;;;. The van der Waals surface area contributed by atoms with E-state index in [2.05, 4.69) is 9.72 Å². The van der Waals surface area contributed by atoms with Gasteiger partial charge in [-0.25, -0.2) is 9.18 Å². The van der Waals surface area contributed by atoms with Crippen molar-refractivity contribution in [3.63, 3.8) is 0 Å². The molecule has 0 amide bonds. The molecule has 1 aromatic carbocycles. The van der Waals surface area contributed by atoms with Crippen molar-refractivity contribution in [2.45, 2.75) is 48.1 Å². The van der Waals surface area contributed by atoms with Crippen LogP contribution < -0.4 is 0 Å². The summed E-state index contributed by atoms with van der Waals surface area (Å²) in [4.78, 5) is 15.1. The zero-order valence-electron chi connectivity index (χ0n) is 21.3. The van der Waals surface area contributed by atoms with Crippen LogP contribution in [0.25, 0.3) is 5.57 Å². The van der Waals surface area contributed by atoms with Crippen molar-refractivity contribution in [2.24, 2.45) is 0 Å². The van der Waals surface area contributed by atoms with Gasteiger partial charge in [-0.1, -0.05) is 65.3 Å². The van der Waals surface area contributed by atoms with Gasteiger partial charge in [0.25, 0.3) is 0 Å². The fourth-order valence-electron chi connectivity index (χ4n) is 2.09. The SMILES string of the molecule is CC.CC.CC.COC(=O)/C(=C/O)c1cccc(Cl)c1CO.COCC(=N)c1ccc(F)cn1. The number of nitrogens with one attached hydrogen (secondary N) is 1. The number of rotatable bonds is 6. The summed E-state index contributed by atoms with van der Waals surface area (Å²) in [5.41, 5.74) is 1.36. The van der Waals surface area contributed by atoms with Gasteiger partial charge in [0.1, 0.15) is 11.4 Å². The number of carbonyl (C=O) groups excluding carboxylic acids is 1. The van der Waals surface area contributed by atoms with Gasteiger partial charge in [-0.2, -0.15) is 0 Å². The van der Waals surface area contributed by atoms with Gasteiger partial charge in [-0.15, -0.1) is 0 Å². The third-order valence-electron chi connectivity index (χ3n) is 3.43. The molecule has 0 aliphatic heterocycles. The zero-order valence-corrected chi connectivity index (χ0v) is 22.0. The van der Waals surface area contributed by atoms with E-state index in [9.17, 15) is 9.18 Å². The van der Waals surface area contributed by atoms with Crippen LogP contribution in [-0.2, 0) is 20.9 Å². The fourth-order valence-corrected chi connectivity index (χ4v) is 2.32. The van der Waals surface area contributed by atoms with Crippen molar-refractivity contribution >= 4 is 28.9 Å². The molecule has 0 radical (unpaired) electrons. The minimum atomic E-state index is -0.695. The topological polar surface area (TPSA) is 113 Å². The normalized spacial score (nSPS) is 9.32.